The van der Waals surface area contributed by atoms with E-state index in [-0.39, 0.29) is 10.7 Å². The third kappa shape index (κ3) is 3.75. The molecule has 0 saturated carbocycles. The number of hydrogen-bond acceptors (Lipinski definition) is 4. The lowest BCUT2D eigenvalue weighted by molar-refractivity contribution is 0.570. The molecule has 9 heteroatoms. The van der Waals surface area contributed by atoms with Crippen LogP contribution in [0.3, 0.4) is 0 Å². The van der Waals surface area contributed by atoms with E-state index in [1.54, 1.807) is 24.5 Å². The van der Waals surface area contributed by atoms with Gasteiger partial charge in [0.1, 0.15) is 16.5 Å². The standard InChI is InChI=1S/C17H16ClF2N5O/c1-23(6-2-7-24-8-5-21-11-24)15-10-22-25(17(26)16(15)18)14-4-3-12(19)9-13(14)20/h3-5,8-11H,2,6-7H2,1H3. The van der Waals surface area contributed by atoms with Gasteiger partial charge in [-0.25, -0.2) is 13.8 Å². The Morgan fingerprint density at radius 1 is 1.31 bits per heavy atom. The number of rotatable bonds is 6. The largest absolute Gasteiger partial charge is 0.372 e. The fraction of sp³-hybridized carbons (Fsp3) is 0.235. The second-order valence-electron chi connectivity index (χ2n) is 5.73. The number of aryl methyl sites for hydroxylation is 1. The third-order valence-corrected chi connectivity index (χ3v) is 4.27. The summed E-state index contributed by atoms with van der Waals surface area (Å²) in [5, 5.41) is 3.90. The Kier molecular flexibility index (Phi) is 5.32. The Hall–Kier alpha value is -2.74. The maximum atomic E-state index is 13.9. The first-order valence-corrected chi connectivity index (χ1v) is 8.25. The summed E-state index contributed by atoms with van der Waals surface area (Å²) in [7, 11) is 1.79. The van der Waals surface area contributed by atoms with E-state index < -0.39 is 17.2 Å². The van der Waals surface area contributed by atoms with Crippen LogP contribution in [0.4, 0.5) is 14.5 Å². The molecular weight excluding hydrogens is 364 g/mol. The van der Waals surface area contributed by atoms with E-state index in [1.165, 1.54) is 6.20 Å². The topological polar surface area (TPSA) is 56.0 Å². The number of halogens is 3. The van der Waals surface area contributed by atoms with Crippen molar-refractivity contribution in [3.8, 4) is 5.69 Å². The van der Waals surface area contributed by atoms with Crippen molar-refractivity contribution < 1.29 is 8.78 Å². The molecule has 3 aromatic rings. The minimum atomic E-state index is -0.892. The van der Waals surface area contributed by atoms with Gasteiger partial charge in [-0.1, -0.05) is 11.6 Å². The number of hydrogen-bond donors (Lipinski definition) is 0. The van der Waals surface area contributed by atoms with Crippen molar-refractivity contribution in [3.05, 3.63) is 70.1 Å². The van der Waals surface area contributed by atoms with Gasteiger partial charge in [-0.15, -0.1) is 0 Å². The lowest BCUT2D eigenvalue weighted by Crippen LogP contribution is -2.27. The maximum Gasteiger partial charge on any atom is 0.292 e. The molecule has 26 heavy (non-hydrogen) atoms. The molecule has 2 heterocycles. The fourth-order valence-corrected chi connectivity index (χ4v) is 2.82. The monoisotopic (exact) mass is 379 g/mol. The summed E-state index contributed by atoms with van der Waals surface area (Å²) in [6.07, 6.45) is 7.50. The Morgan fingerprint density at radius 2 is 2.12 bits per heavy atom. The molecule has 6 nitrogen and oxygen atoms in total. The van der Waals surface area contributed by atoms with Crippen LogP contribution in [0.5, 0.6) is 0 Å². The highest BCUT2D eigenvalue weighted by molar-refractivity contribution is 6.33. The van der Waals surface area contributed by atoms with Gasteiger partial charge in [0.2, 0.25) is 0 Å². The van der Waals surface area contributed by atoms with E-state index in [4.69, 9.17) is 11.6 Å². The van der Waals surface area contributed by atoms with Gasteiger partial charge >= 0.3 is 0 Å². The van der Waals surface area contributed by atoms with E-state index in [1.807, 2.05) is 10.8 Å². The van der Waals surface area contributed by atoms with Crippen molar-refractivity contribution in [2.24, 2.45) is 0 Å². The van der Waals surface area contributed by atoms with Crippen LogP contribution in [0.1, 0.15) is 6.42 Å². The Morgan fingerprint density at radius 3 is 2.81 bits per heavy atom. The summed E-state index contributed by atoms with van der Waals surface area (Å²) in [6, 6.07) is 2.88. The van der Waals surface area contributed by atoms with Crippen LogP contribution in [-0.4, -0.2) is 32.9 Å². The number of aromatic nitrogens is 4. The second-order valence-corrected chi connectivity index (χ2v) is 6.11. The molecule has 0 bridgehead atoms. The van der Waals surface area contributed by atoms with Gasteiger partial charge in [-0.2, -0.15) is 9.78 Å². The summed E-state index contributed by atoms with van der Waals surface area (Å²) >= 11 is 6.18. The molecule has 0 spiro atoms. The first-order valence-electron chi connectivity index (χ1n) is 7.87. The highest BCUT2D eigenvalue weighted by Gasteiger charge is 2.16. The molecule has 3 rings (SSSR count). The molecule has 0 aliphatic heterocycles. The maximum absolute atomic E-state index is 13.9. The van der Waals surface area contributed by atoms with E-state index >= 15 is 0 Å². The van der Waals surface area contributed by atoms with E-state index in [0.29, 0.717) is 18.3 Å². The van der Waals surface area contributed by atoms with Crippen molar-refractivity contribution in [1.82, 2.24) is 19.3 Å². The minimum Gasteiger partial charge on any atom is -0.372 e. The number of anilines is 1. The summed E-state index contributed by atoms with van der Waals surface area (Å²) in [6.45, 7) is 1.40. The Bertz CT molecular complexity index is 958. The van der Waals surface area contributed by atoms with Crippen molar-refractivity contribution in [2.45, 2.75) is 13.0 Å². The molecule has 136 valence electrons. The normalized spacial score (nSPS) is 10.9. The van der Waals surface area contributed by atoms with Crippen LogP contribution >= 0.6 is 11.6 Å². The molecule has 0 atom stereocenters. The molecule has 0 aliphatic rings. The Labute approximate surface area is 153 Å². The molecule has 0 unspecified atom stereocenters. The van der Waals surface area contributed by atoms with Gasteiger partial charge in [-0.3, -0.25) is 4.79 Å². The summed E-state index contributed by atoms with van der Waals surface area (Å²) in [5.41, 5.74) is -0.384. The summed E-state index contributed by atoms with van der Waals surface area (Å²) < 4.78 is 29.7. The fourth-order valence-electron chi connectivity index (χ4n) is 2.54. The smallest absolute Gasteiger partial charge is 0.292 e. The van der Waals surface area contributed by atoms with Gasteiger partial charge in [0.15, 0.2) is 5.82 Å². The van der Waals surface area contributed by atoms with Crippen LogP contribution in [-0.2, 0) is 6.54 Å². The van der Waals surface area contributed by atoms with Crippen molar-refractivity contribution >= 4 is 17.3 Å². The highest BCUT2D eigenvalue weighted by atomic mass is 35.5. The van der Waals surface area contributed by atoms with Crippen molar-refractivity contribution in [1.29, 1.82) is 0 Å². The van der Waals surface area contributed by atoms with Crippen LogP contribution in [0.2, 0.25) is 5.02 Å². The highest BCUT2D eigenvalue weighted by Crippen LogP contribution is 2.21. The molecule has 0 radical (unpaired) electrons. The third-order valence-electron chi connectivity index (χ3n) is 3.92. The quantitative estimate of drug-likeness (QED) is 0.661. The zero-order chi connectivity index (χ0) is 18.7. The van der Waals surface area contributed by atoms with Gasteiger partial charge < -0.3 is 9.47 Å². The van der Waals surface area contributed by atoms with E-state index in [9.17, 15) is 13.6 Å². The van der Waals surface area contributed by atoms with Gasteiger partial charge in [0.25, 0.3) is 5.56 Å². The van der Waals surface area contributed by atoms with Crippen molar-refractivity contribution in [3.63, 3.8) is 0 Å². The number of benzene rings is 1. The Balaban J connectivity index is 1.79. The average molecular weight is 380 g/mol. The lowest BCUT2D eigenvalue weighted by Gasteiger charge is -2.20. The SMILES string of the molecule is CN(CCCn1ccnc1)c1cnn(-c2ccc(F)cc2F)c(=O)c1Cl. The molecule has 0 fully saturated rings. The zero-order valence-corrected chi connectivity index (χ0v) is 14.7. The second kappa shape index (κ2) is 7.65. The predicted octanol–water partition coefficient (Wildman–Crippen LogP) is 2.89. The van der Waals surface area contributed by atoms with Gasteiger partial charge in [0, 0.05) is 38.6 Å². The predicted molar refractivity (Wildman–Crippen MR) is 94.9 cm³/mol. The average Bonchev–Trinajstić information content (AvgIpc) is 3.11. The van der Waals surface area contributed by atoms with Crippen LogP contribution < -0.4 is 10.5 Å². The number of imidazole rings is 1. The lowest BCUT2D eigenvalue weighted by atomic mass is 10.3. The molecule has 2 aromatic heterocycles. The van der Waals surface area contributed by atoms with Crippen molar-refractivity contribution in [2.75, 3.05) is 18.5 Å². The minimum absolute atomic E-state index is 0.0751. The van der Waals surface area contributed by atoms with E-state index in [0.717, 1.165) is 29.8 Å². The van der Waals surface area contributed by atoms with Crippen LogP contribution in [0, 0.1) is 11.6 Å². The number of nitrogens with zero attached hydrogens (tertiary/aromatic N) is 5. The van der Waals surface area contributed by atoms with Gasteiger partial charge in [0.05, 0.1) is 18.2 Å². The van der Waals surface area contributed by atoms with E-state index in [2.05, 4.69) is 10.1 Å². The first kappa shape index (κ1) is 18.1. The molecular formula is C17H16ClF2N5O. The summed E-state index contributed by atoms with van der Waals surface area (Å²) in [5.74, 6) is -1.63. The molecule has 0 aliphatic carbocycles. The molecule has 0 saturated heterocycles. The first-order chi connectivity index (χ1) is 12.5. The van der Waals surface area contributed by atoms with Gasteiger partial charge in [-0.05, 0) is 18.6 Å². The van der Waals surface area contributed by atoms with Crippen LogP contribution in [0.25, 0.3) is 5.69 Å². The summed E-state index contributed by atoms with van der Waals surface area (Å²) in [4.78, 5) is 18.2. The molecule has 0 amide bonds. The molecule has 1 aromatic carbocycles. The zero-order valence-electron chi connectivity index (χ0n) is 13.9. The van der Waals surface area contributed by atoms with Crippen LogP contribution in [0.15, 0.2) is 47.9 Å². The molecule has 0 N–H and O–H groups in total.